The number of unbranched alkanes of at least 4 members (excludes halogenated alkanes) is 2. The molecular weight excluding hydrogens is 432 g/mol. The quantitative estimate of drug-likeness (QED) is 0.242. The van der Waals surface area contributed by atoms with Crippen LogP contribution in [0.15, 0.2) is 42.5 Å². The second-order valence-corrected chi connectivity index (χ2v) is 8.75. The van der Waals surface area contributed by atoms with Gasteiger partial charge in [-0.05, 0) is 61.7 Å². The molecule has 0 unspecified atom stereocenters. The monoisotopic (exact) mass is 457 g/mol. The number of amides is 1. The van der Waals surface area contributed by atoms with Crippen LogP contribution in [-0.2, 0) is 21.3 Å². The Bertz CT molecular complexity index is 1100. The van der Waals surface area contributed by atoms with Crippen molar-refractivity contribution in [2.75, 3.05) is 6.61 Å². The number of benzene rings is 2. The summed E-state index contributed by atoms with van der Waals surface area (Å²) < 4.78 is 11.1. The molecule has 1 N–H and O–H groups in total. The van der Waals surface area contributed by atoms with Crippen molar-refractivity contribution in [1.29, 1.82) is 0 Å². The van der Waals surface area contributed by atoms with Crippen molar-refractivity contribution >= 4 is 33.5 Å². The average molecular weight is 457 g/mol. The van der Waals surface area contributed by atoms with Gasteiger partial charge in [0.2, 0.25) is 0 Å². The number of fused-ring (bicyclic) bond motifs is 1. The standard InChI is InChI=1S/C25H25B2NO6/c26-25(27,19-6-3-4-7-21(19)33-13-5-1-2-8-22(29)30)28(18-10-11-18)24(32)16-9-12-20-17(14-16)15-23(31)34-20/h3-4,6-7,9,12,14,18H,1-2,5,8,10-11,13,15H2,(H,29,30). The lowest BCUT2D eigenvalue weighted by Gasteiger charge is -2.41. The van der Waals surface area contributed by atoms with Crippen molar-refractivity contribution < 1.29 is 29.0 Å². The Morgan fingerprint density at radius 2 is 1.88 bits per heavy atom. The summed E-state index contributed by atoms with van der Waals surface area (Å²) in [4.78, 5) is 37.3. The molecular formula is C25H25B2NO6. The summed E-state index contributed by atoms with van der Waals surface area (Å²) in [5.74, 6) is -0.530. The molecule has 4 radical (unpaired) electrons. The molecule has 9 heteroatoms. The highest BCUT2D eigenvalue weighted by atomic mass is 16.5. The molecule has 4 rings (SSSR count). The van der Waals surface area contributed by atoms with E-state index in [1.807, 2.05) is 0 Å². The van der Waals surface area contributed by atoms with Crippen LogP contribution in [0.5, 0.6) is 11.5 Å². The topological polar surface area (TPSA) is 93.1 Å². The number of carboxylic acid groups (broad SMARTS) is 1. The zero-order valence-corrected chi connectivity index (χ0v) is 18.9. The van der Waals surface area contributed by atoms with Gasteiger partial charge in [0.05, 0.1) is 28.7 Å². The van der Waals surface area contributed by atoms with E-state index in [1.165, 1.54) is 4.90 Å². The second-order valence-electron chi connectivity index (χ2n) is 8.75. The molecule has 2 aromatic carbocycles. The van der Waals surface area contributed by atoms with E-state index < -0.39 is 11.3 Å². The molecule has 172 valence electrons. The first-order valence-corrected chi connectivity index (χ1v) is 11.5. The fraction of sp³-hybridized carbons (Fsp3) is 0.400. The molecule has 34 heavy (non-hydrogen) atoms. The van der Waals surface area contributed by atoms with Gasteiger partial charge in [0, 0.05) is 29.2 Å². The van der Waals surface area contributed by atoms with Gasteiger partial charge >= 0.3 is 11.9 Å². The van der Waals surface area contributed by atoms with Crippen molar-refractivity contribution in [2.45, 2.75) is 56.3 Å². The molecule has 1 aliphatic heterocycles. The summed E-state index contributed by atoms with van der Waals surface area (Å²) in [6.45, 7) is 0.378. The van der Waals surface area contributed by atoms with Crippen LogP contribution in [0.4, 0.5) is 0 Å². The third kappa shape index (κ3) is 5.29. The lowest BCUT2D eigenvalue weighted by Crippen LogP contribution is -2.52. The molecule has 0 spiro atoms. The smallest absolute Gasteiger partial charge is 0.315 e. The molecule has 2 aliphatic rings. The van der Waals surface area contributed by atoms with Gasteiger partial charge in [-0.1, -0.05) is 18.2 Å². The summed E-state index contributed by atoms with van der Waals surface area (Å²) in [6, 6.07) is 11.9. The number of aliphatic carboxylic acids is 1. The van der Waals surface area contributed by atoms with Crippen molar-refractivity contribution in [3.8, 4) is 11.5 Å². The highest BCUT2D eigenvalue weighted by molar-refractivity contribution is 6.41. The largest absolute Gasteiger partial charge is 0.493 e. The van der Waals surface area contributed by atoms with Gasteiger partial charge in [-0.25, -0.2) is 0 Å². The van der Waals surface area contributed by atoms with Crippen LogP contribution in [0.3, 0.4) is 0 Å². The SMILES string of the molecule is [B]C([B])(c1ccccc1OCCCCCC(=O)O)N(C(=O)c1ccc2c(c1)CC(=O)O2)C1CC1. The summed E-state index contributed by atoms with van der Waals surface area (Å²) in [7, 11) is 13.3. The summed E-state index contributed by atoms with van der Waals surface area (Å²) >= 11 is 0. The number of ether oxygens (including phenoxy) is 2. The Morgan fingerprint density at radius 1 is 1.12 bits per heavy atom. The lowest BCUT2D eigenvalue weighted by molar-refractivity contribution is -0.137. The van der Waals surface area contributed by atoms with Gasteiger partial charge < -0.3 is 19.5 Å². The van der Waals surface area contributed by atoms with Crippen LogP contribution in [0, 0.1) is 0 Å². The second kappa shape index (κ2) is 9.95. The molecule has 0 atom stereocenters. The van der Waals surface area contributed by atoms with Gasteiger partial charge in [0.1, 0.15) is 11.5 Å². The van der Waals surface area contributed by atoms with Crippen LogP contribution < -0.4 is 9.47 Å². The van der Waals surface area contributed by atoms with Crippen molar-refractivity contribution in [3.05, 3.63) is 59.2 Å². The number of hydrogen-bond acceptors (Lipinski definition) is 5. The Kier molecular flexibility index (Phi) is 7.00. The first-order chi connectivity index (χ1) is 16.3. The van der Waals surface area contributed by atoms with Gasteiger partial charge in [0.25, 0.3) is 5.91 Å². The Balaban J connectivity index is 1.52. The van der Waals surface area contributed by atoms with E-state index in [9.17, 15) is 14.4 Å². The molecule has 1 amide bonds. The maximum absolute atomic E-state index is 13.6. The first-order valence-electron chi connectivity index (χ1n) is 11.5. The van der Waals surface area contributed by atoms with E-state index >= 15 is 0 Å². The van der Waals surface area contributed by atoms with Gasteiger partial charge in [0.15, 0.2) is 0 Å². The van der Waals surface area contributed by atoms with Crippen molar-refractivity contribution in [2.24, 2.45) is 0 Å². The number of para-hydroxylation sites is 1. The van der Waals surface area contributed by atoms with Crippen LogP contribution in [0.1, 0.15) is 60.0 Å². The van der Waals surface area contributed by atoms with E-state index in [1.54, 1.807) is 42.5 Å². The first kappa shape index (κ1) is 23.9. The Labute approximate surface area is 201 Å². The fourth-order valence-corrected chi connectivity index (χ4v) is 4.16. The number of hydrogen-bond donors (Lipinski definition) is 1. The number of carboxylic acids is 1. The summed E-state index contributed by atoms with van der Waals surface area (Å²) in [5, 5.41) is 7.13. The molecule has 1 saturated carbocycles. The summed E-state index contributed by atoms with van der Waals surface area (Å²) in [5.41, 5.74) is 1.54. The predicted octanol–water partition coefficient (Wildman–Crippen LogP) is 2.92. The molecule has 0 bridgehead atoms. The van der Waals surface area contributed by atoms with Crippen LogP contribution >= 0.6 is 0 Å². The Morgan fingerprint density at radius 3 is 2.62 bits per heavy atom. The zero-order valence-electron chi connectivity index (χ0n) is 18.9. The van der Waals surface area contributed by atoms with Gasteiger partial charge in [-0.3, -0.25) is 14.4 Å². The van der Waals surface area contributed by atoms with E-state index in [4.69, 9.17) is 30.3 Å². The fourth-order valence-electron chi connectivity index (χ4n) is 4.16. The van der Waals surface area contributed by atoms with Gasteiger partial charge in [-0.2, -0.15) is 0 Å². The minimum atomic E-state index is -1.62. The molecule has 2 aromatic rings. The number of nitrogens with zero attached hydrogens (tertiary/aromatic N) is 1. The third-order valence-electron chi connectivity index (χ3n) is 6.01. The minimum absolute atomic E-state index is 0.0993. The van der Waals surface area contributed by atoms with Crippen molar-refractivity contribution in [1.82, 2.24) is 4.90 Å². The van der Waals surface area contributed by atoms with E-state index in [0.717, 1.165) is 19.3 Å². The number of rotatable bonds is 11. The van der Waals surface area contributed by atoms with Crippen molar-refractivity contribution in [3.63, 3.8) is 0 Å². The summed E-state index contributed by atoms with van der Waals surface area (Å²) in [6.07, 6.45) is 3.83. The molecule has 1 aliphatic carbocycles. The average Bonchev–Trinajstić information content (AvgIpc) is 3.54. The van der Waals surface area contributed by atoms with Crippen LogP contribution in [0.2, 0.25) is 0 Å². The van der Waals surface area contributed by atoms with E-state index in [2.05, 4.69) is 0 Å². The predicted molar refractivity (Wildman–Crippen MR) is 126 cm³/mol. The number of esters is 1. The molecule has 1 heterocycles. The van der Waals surface area contributed by atoms with Crippen LogP contribution in [-0.4, -0.2) is 56.2 Å². The lowest BCUT2D eigenvalue weighted by atomic mass is 9.56. The zero-order chi connectivity index (χ0) is 24.3. The normalized spacial score (nSPS) is 14.9. The Hall–Kier alpha value is -3.22. The molecule has 1 fully saturated rings. The maximum Gasteiger partial charge on any atom is 0.315 e. The molecule has 0 saturated heterocycles. The van der Waals surface area contributed by atoms with E-state index in [0.29, 0.717) is 47.6 Å². The number of carbonyl (C=O) groups is 3. The van der Waals surface area contributed by atoms with Gasteiger partial charge in [-0.15, -0.1) is 0 Å². The van der Waals surface area contributed by atoms with E-state index in [-0.39, 0.29) is 30.8 Å². The highest BCUT2D eigenvalue weighted by Gasteiger charge is 2.43. The van der Waals surface area contributed by atoms with Crippen LogP contribution in [0.25, 0.3) is 0 Å². The number of carbonyl (C=O) groups excluding carboxylic acids is 2. The highest BCUT2D eigenvalue weighted by Crippen LogP contribution is 2.40. The third-order valence-corrected chi connectivity index (χ3v) is 6.01. The minimum Gasteiger partial charge on any atom is -0.493 e. The maximum atomic E-state index is 13.6. The molecule has 0 aromatic heterocycles. The molecule has 7 nitrogen and oxygen atoms in total.